The first-order chi connectivity index (χ1) is 12.7. The smallest absolute Gasteiger partial charge is 0.250 e. The molecule has 0 saturated carbocycles. The second-order valence-electron chi connectivity index (χ2n) is 7.93. The van der Waals surface area contributed by atoms with Gasteiger partial charge in [0.1, 0.15) is 0 Å². The van der Waals surface area contributed by atoms with Crippen molar-refractivity contribution in [2.45, 2.75) is 37.8 Å². The summed E-state index contributed by atoms with van der Waals surface area (Å²) >= 11 is 5.77. The van der Waals surface area contributed by atoms with E-state index in [2.05, 4.69) is 40.5 Å². The molecule has 4 nitrogen and oxygen atoms in total. The normalized spacial score (nSPS) is 24.1. The van der Waals surface area contributed by atoms with Crippen molar-refractivity contribution in [1.29, 1.82) is 0 Å². The number of fused-ring (bicyclic) bond motifs is 5. The lowest BCUT2D eigenvalue weighted by molar-refractivity contribution is 0.176. The van der Waals surface area contributed by atoms with Crippen LogP contribution < -0.4 is 10.9 Å². The Bertz CT molecular complexity index is 896. The summed E-state index contributed by atoms with van der Waals surface area (Å²) in [6, 6.07) is 14.7. The number of thiocarbonyl (C=S) groups is 1. The Labute approximate surface area is 158 Å². The molecule has 3 heterocycles. The van der Waals surface area contributed by atoms with E-state index in [0.717, 1.165) is 44.0 Å². The number of hydrogen-bond donors (Lipinski definition) is 1. The van der Waals surface area contributed by atoms with Crippen LogP contribution in [0, 0.1) is 5.92 Å². The van der Waals surface area contributed by atoms with E-state index in [9.17, 15) is 4.79 Å². The van der Waals surface area contributed by atoms with Gasteiger partial charge in [-0.05, 0) is 54.6 Å². The number of benzene rings is 1. The minimum atomic E-state index is 0.134. The molecule has 0 spiro atoms. The van der Waals surface area contributed by atoms with Crippen LogP contribution in [0.15, 0.2) is 47.3 Å². The van der Waals surface area contributed by atoms with Crippen LogP contribution in [-0.4, -0.2) is 33.7 Å². The van der Waals surface area contributed by atoms with Gasteiger partial charge in [-0.25, -0.2) is 0 Å². The second-order valence-corrected chi connectivity index (χ2v) is 8.31. The van der Waals surface area contributed by atoms with Gasteiger partial charge >= 0.3 is 0 Å². The molecule has 1 saturated heterocycles. The van der Waals surface area contributed by atoms with Gasteiger partial charge in [-0.1, -0.05) is 30.3 Å². The van der Waals surface area contributed by atoms with Crippen LogP contribution in [0.4, 0.5) is 0 Å². The lowest BCUT2D eigenvalue weighted by Crippen LogP contribution is -2.53. The summed E-state index contributed by atoms with van der Waals surface area (Å²) < 4.78 is 1.97. The zero-order chi connectivity index (χ0) is 17.7. The molecule has 0 unspecified atom stereocenters. The molecule has 1 fully saturated rings. The molecule has 1 N–H and O–H groups in total. The number of piperidine rings is 1. The third kappa shape index (κ3) is 2.75. The van der Waals surface area contributed by atoms with Crippen molar-refractivity contribution in [3.05, 3.63) is 69.6 Å². The van der Waals surface area contributed by atoms with Gasteiger partial charge < -0.3 is 14.8 Å². The molecule has 5 heteroatoms. The van der Waals surface area contributed by atoms with Gasteiger partial charge in [0.05, 0.1) is 0 Å². The van der Waals surface area contributed by atoms with Crippen LogP contribution in [0.2, 0.25) is 0 Å². The van der Waals surface area contributed by atoms with Crippen LogP contribution >= 0.6 is 12.2 Å². The van der Waals surface area contributed by atoms with E-state index >= 15 is 0 Å². The molecule has 1 aromatic carbocycles. The third-order valence-electron chi connectivity index (χ3n) is 6.15. The van der Waals surface area contributed by atoms with Crippen LogP contribution in [0.3, 0.4) is 0 Å². The van der Waals surface area contributed by atoms with E-state index in [4.69, 9.17) is 12.2 Å². The van der Waals surface area contributed by atoms with Crippen molar-refractivity contribution < 1.29 is 0 Å². The fraction of sp³-hybridized carbons (Fsp3) is 0.429. The highest BCUT2D eigenvalue weighted by Crippen LogP contribution is 2.35. The standard InChI is InChI=1S/C21H23N3OS/c25-20-7-3-6-19-17-8-14(12-24(19)20)11-23(13-17)21(26)22-18-9-15-4-1-2-5-16(15)10-18/h1-7,14,17-18H,8-13H2,(H,22,26)/t14-,17-/m1/s1. The van der Waals surface area contributed by atoms with Crippen LogP contribution in [0.25, 0.3) is 0 Å². The van der Waals surface area contributed by atoms with Crippen molar-refractivity contribution in [3.63, 3.8) is 0 Å². The molecule has 2 aromatic rings. The van der Waals surface area contributed by atoms with E-state index < -0.39 is 0 Å². The summed E-state index contributed by atoms with van der Waals surface area (Å²) in [5, 5.41) is 4.49. The van der Waals surface area contributed by atoms with E-state index in [1.54, 1.807) is 6.07 Å². The molecule has 5 rings (SSSR count). The van der Waals surface area contributed by atoms with Crippen molar-refractivity contribution in [2.75, 3.05) is 13.1 Å². The zero-order valence-corrected chi connectivity index (χ0v) is 15.5. The summed E-state index contributed by atoms with van der Waals surface area (Å²) in [5.41, 5.74) is 4.19. The Balaban J connectivity index is 1.29. The number of likely N-dealkylation sites (tertiary alicyclic amines) is 1. The van der Waals surface area contributed by atoms with E-state index in [0.29, 0.717) is 17.9 Å². The molecule has 134 valence electrons. The molecule has 26 heavy (non-hydrogen) atoms. The summed E-state index contributed by atoms with van der Waals surface area (Å²) in [4.78, 5) is 14.5. The average molecular weight is 366 g/mol. The quantitative estimate of drug-likeness (QED) is 0.787. The predicted octanol–water partition coefficient (Wildman–Crippen LogP) is 2.31. The van der Waals surface area contributed by atoms with Crippen molar-refractivity contribution in [2.24, 2.45) is 5.92 Å². The average Bonchev–Trinajstić information content (AvgIpc) is 3.05. The molecule has 1 aliphatic carbocycles. The van der Waals surface area contributed by atoms with Gasteiger partial charge in [-0.15, -0.1) is 0 Å². The van der Waals surface area contributed by atoms with Crippen LogP contribution in [0.1, 0.15) is 29.2 Å². The van der Waals surface area contributed by atoms with E-state index in [1.165, 1.54) is 16.8 Å². The number of rotatable bonds is 1. The van der Waals surface area contributed by atoms with Gasteiger partial charge in [-0.2, -0.15) is 0 Å². The molecule has 0 amide bonds. The van der Waals surface area contributed by atoms with Crippen LogP contribution in [-0.2, 0) is 19.4 Å². The van der Waals surface area contributed by atoms with E-state index in [1.807, 2.05) is 10.6 Å². The number of nitrogens with one attached hydrogen (secondary N) is 1. The predicted molar refractivity (Wildman–Crippen MR) is 106 cm³/mol. The van der Waals surface area contributed by atoms with Gasteiger partial charge in [0.25, 0.3) is 5.56 Å². The number of pyridine rings is 1. The minimum absolute atomic E-state index is 0.134. The molecule has 3 aliphatic rings. The highest BCUT2D eigenvalue weighted by atomic mass is 32.1. The first-order valence-electron chi connectivity index (χ1n) is 9.49. The molecule has 1 aromatic heterocycles. The Morgan fingerprint density at radius 1 is 1.00 bits per heavy atom. The van der Waals surface area contributed by atoms with Crippen LogP contribution in [0.5, 0.6) is 0 Å². The Morgan fingerprint density at radius 2 is 1.77 bits per heavy atom. The summed E-state index contributed by atoms with van der Waals surface area (Å²) in [6.07, 6.45) is 3.27. The maximum Gasteiger partial charge on any atom is 0.250 e. The SMILES string of the molecule is O=c1cccc2n1C[C@@H]1C[C@@H]2CN(C(=S)NC2Cc3ccccc3C2)C1. The van der Waals surface area contributed by atoms with Gasteiger partial charge in [0.15, 0.2) is 5.11 Å². The molecular weight excluding hydrogens is 342 g/mol. The topological polar surface area (TPSA) is 37.3 Å². The maximum absolute atomic E-state index is 12.2. The summed E-state index contributed by atoms with van der Waals surface area (Å²) in [5.74, 6) is 0.902. The van der Waals surface area contributed by atoms with Crippen molar-refractivity contribution in [3.8, 4) is 0 Å². The lowest BCUT2D eigenvalue weighted by Gasteiger charge is -2.44. The van der Waals surface area contributed by atoms with E-state index in [-0.39, 0.29) is 5.56 Å². The number of nitrogens with zero attached hydrogens (tertiary/aromatic N) is 2. The lowest BCUT2D eigenvalue weighted by atomic mass is 9.83. The first-order valence-corrected chi connectivity index (χ1v) is 9.90. The Kier molecular flexibility index (Phi) is 3.85. The molecule has 2 aliphatic heterocycles. The largest absolute Gasteiger partial charge is 0.359 e. The van der Waals surface area contributed by atoms with Gasteiger partial charge in [0.2, 0.25) is 0 Å². The van der Waals surface area contributed by atoms with Gasteiger partial charge in [-0.3, -0.25) is 4.79 Å². The summed E-state index contributed by atoms with van der Waals surface area (Å²) in [7, 11) is 0. The molecule has 2 atom stereocenters. The summed E-state index contributed by atoms with van der Waals surface area (Å²) in [6.45, 7) is 2.67. The molecular formula is C21H23N3OS. The fourth-order valence-corrected chi connectivity index (χ4v) is 5.30. The number of hydrogen-bond acceptors (Lipinski definition) is 2. The molecule has 0 radical (unpaired) electrons. The Hall–Kier alpha value is -2.14. The highest BCUT2D eigenvalue weighted by molar-refractivity contribution is 7.80. The molecule has 2 bridgehead atoms. The zero-order valence-electron chi connectivity index (χ0n) is 14.7. The second kappa shape index (κ2) is 6.23. The maximum atomic E-state index is 12.2. The van der Waals surface area contributed by atoms with Gasteiger partial charge in [0, 0.05) is 43.4 Å². The Morgan fingerprint density at radius 3 is 2.54 bits per heavy atom. The fourth-order valence-electron chi connectivity index (χ4n) is 4.99. The highest BCUT2D eigenvalue weighted by Gasteiger charge is 2.35. The monoisotopic (exact) mass is 365 g/mol. The van der Waals surface area contributed by atoms with Crippen molar-refractivity contribution in [1.82, 2.24) is 14.8 Å². The first kappa shape index (κ1) is 16.1. The number of aromatic nitrogens is 1. The van der Waals surface area contributed by atoms with Crippen molar-refractivity contribution >= 4 is 17.3 Å². The third-order valence-corrected chi connectivity index (χ3v) is 6.52. The minimum Gasteiger partial charge on any atom is -0.359 e.